The van der Waals surface area contributed by atoms with Gasteiger partial charge < -0.3 is 14.0 Å². The number of fused-ring (bicyclic) bond motifs is 2. The van der Waals surface area contributed by atoms with E-state index in [1.807, 2.05) is 57.7 Å². The minimum absolute atomic E-state index is 0.00243. The van der Waals surface area contributed by atoms with Crippen molar-refractivity contribution in [3.8, 4) is 0 Å². The van der Waals surface area contributed by atoms with Gasteiger partial charge in [-0.15, -0.1) is 0 Å². The number of likely N-dealkylation sites (N-methyl/N-ethyl adjacent to an activating group) is 1. The van der Waals surface area contributed by atoms with Crippen molar-refractivity contribution in [2.75, 3.05) is 11.9 Å². The van der Waals surface area contributed by atoms with Crippen LogP contribution in [0.3, 0.4) is 0 Å². The molecule has 1 unspecified atom stereocenters. The second kappa shape index (κ2) is 8.27. The number of ketones is 1. The van der Waals surface area contributed by atoms with Crippen LogP contribution >= 0.6 is 15.9 Å². The van der Waals surface area contributed by atoms with Crippen LogP contribution < -0.4 is 10.5 Å². The molecular formula is C28H29BrN4O. The third-order valence-corrected chi connectivity index (χ3v) is 8.12. The largest absolute Gasteiger partial charge is 0.370 e. The van der Waals surface area contributed by atoms with Gasteiger partial charge in [0, 0.05) is 28.5 Å². The highest BCUT2D eigenvalue weighted by Gasteiger charge is 2.41. The summed E-state index contributed by atoms with van der Waals surface area (Å²) in [6.45, 7) is 7.39. The Bertz CT molecular complexity index is 1470. The maximum atomic E-state index is 13.6. The van der Waals surface area contributed by atoms with Crippen molar-refractivity contribution < 1.29 is 4.79 Å². The summed E-state index contributed by atoms with van der Waals surface area (Å²) in [6, 6.07) is 22.4. The van der Waals surface area contributed by atoms with Crippen LogP contribution in [0.1, 0.15) is 42.3 Å². The minimum atomic E-state index is -0.0671. The number of hydrogen-bond acceptors (Lipinski definition) is 3. The molecule has 1 N–H and O–H groups in total. The molecule has 5 nitrogen and oxygen atoms in total. The van der Waals surface area contributed by atoms with Crippen molar-refractivity contribution >= 4 is 38.4 Å². The van der Waals surface area contributed by atoms with Crippen molar-refractivity contribution in [1.82, 2.24) is 9.13 Å². The summed E-state index contributed by atoms with van der Waals surface area (Å²) >= 11 is 3.73. The lowest BCUT2D eigenvalue weighted by atomic mass is 9.80. The van der Waals surface area contributed by atoms with Gasteiger partial charge in [-0.2, -0.15) is 0 Å². The first-order chi connectivity index (χ1) is 16.2. The molecular weight excluding hydrogens is 488 g/mol. The number of aromatic nitrogens is 2. The fourth-order valence-electron chi connectivity index (χ4n) is 5.13. The molecule has 0 bridgehead atoms. The number of nitrogens with zero attached hydrogens (tertiary/aromatic N) is 3. The van der Waals surface area contributed by atoms with Gasteiger partial charge in [-0.1, -0.05) is 56.3 Å². The number of carbonyl (C=O) groups excluding carboxylic acids is 1. The van der Waals surface area contributed by atoms with Gasteiger partial charge in [-0.25, -0.2) is 0 Å². The highest BCUT2D eigenvalue weighted by Crippen LogP contribution is 2.48. The Morgan fingerprint density at radius 2 is 1.62 bits per heavy atom. The first kappa shape index (κ1) is 22.7. The number of para-hydroxylation sites is 2. The molecule has 2 heterocycles. The van der Waals surface area contributed by atoms with E-state index in [2.05, 4.69) is 66.8 Å². The Balaban J connectivity index is 1.55. The third-order valence-electron chi connectivity index (χ3n) is 7.52. The van der Waals surface area contributed by atoms with Gasteiger partial charge in [0.2, 0.25) is 5.62 Å². The summed E-state index contributed by atoms with van der Waals surface area (Å²) in [4.78, 5) is 15.8. The highest BCUT2D eigenvalue weighted by atomic mass is 79.9. The molecule has 174 valence electrons. The molecule has 1 aromatic heterocycles. The Morgan fingerprint density at radius 3 is 2.29 bits per heavy atom. The zero-order valence-electron chi connectivity index (χ0n) is 20.0. The lowest BCUT2D eigenvalue weighted by Crippen LogP contribution is -2.36. The molecule has 3 aromatic carbocycles. The first-order valence-corrected chi connectivity index (χ1v) is 12.4. The number of imidazole rings is 1. The van der Waals surface area contributed by atoms with Crippen LogP contribution in [-0.4, -0.2) is 28.0 Å². The minimum Gasteiger partial charge on any atom is -0.370 e. The summed E-state index contributed by atoms with van der Waals surface area (Å²) in [5, 5.41) is 8.92. The standard InChI is InChI=1S/C28H29BrN4O/c1-18-28(2,3)21-14-20(15-22(29)26(21)31(18)4)25(34)17-33-24-13-9-8-12-23(24)32(27(33)30)16-19-10-6-5-7-11-19/h5-15,18,30H,16-17H2,1-4H3. The Morgan fingerprint density at radius 1 is 1.00 bits per heavy atom. The van der Waals surface area contributed by atoms with E-state index in [4.69, 9.17) is 5.41 Å². The maximum absolute atomic E-state index is 13.6. The molecule has 6 heteroatoms. The molecule has 0 aliphatic carbocycles. The average Bonchev–Trinajstić information content (AvgIpc) is 3.18. The SMILES string of the molecule is CC1N(C)c2c(Br)cc(C(=O)Cn3c(=N)n(Cc4ccccc4)c4ccccc43)cc2C1(C)C. The number of hydrogen-bond donors (Lipinski definition) is 1. The van der Waals surface area contributed by atoms with Crippen molar-refractivity contribution in [1.29, 1.82) is 5.41 Å². The first-order valence-electron chi connectivity index (χ1n) is 11.6. The van der Waals surface area contributed by atoms with Crippen molar-refractivity contribution in [3.05, 3.63) is 93.5 Å². The smallest absolute Gasteiger partial charge is 0.203 e. The fraction of sp³-hybridized carbons (Fsp3) is 0.286. The van der Waals surface area contributed by atoms with Gasteiger partial charge in [-0.3, -0.25) is 10.2 Å². The normalized spacial score (nSPS) is 16.7. The van der Waals surface area contributed by atoms with E-state index in [-0.39, 0.29) is 17.7 Å². The maximum Gasteiger partial charge on any atom is 0.203 e. The molecule has 0 fully saturated rings. The lowest BCUT2D eigenvalue weighted by Gasteiger charge is -2.28. The highest BCUT2D eigenvalue weighted by molar-refractivity contribution is 9.10. The summed E-state index contributed by atoms with van der Waals surface area (Å²) in [7, 11) is 2.11. The lowest BCUT2D eigenvalue weighted by molar-refractivity contribution is 0.0971. The van der Waals surface area contributed by atoms with E-state index in [0.717, 1.165) is 26.8 Å². The van der Waals surface area contributed by atoms with Gasteiger partial charge in [0.1, 0.15) is 0 Å². The van der Waals surface area contributed by atoms with Gasteiger partial charge in [-0.05, 0) is 58.2 Å². The third kappa shape index (κ3) is 3.52. The van der Waals surface area contributed by atoms with Gasteiger partial charge in [0.25, 0.3) is 0 Å². The second-order valence-corrected chi connectivity index (χ2v) is 10.6. The predicted octanol–water partition coefficient (Wildman–Crippen LogP) is 5.73. The summed E-state index contributed by atoms with van der Waals surface area (Å²) in [5.74, 6) is 0.00243. The number of Topliss-reactive ketones (excluding diaryl/α,β-unsaturated/α-hetero) is 1. The summed E-state index contributed by atoms with van der Waals surface area (Å²) in [6.07, 6.45) is 0. The molecule has 0 radical (unpaired) electrons. The van der Waals surface area contributed by atoms with E-state index in [0.29, 0.717) is 23.8 Å². The molecule has 5 rings (SSSR count). The number of benzene rings is 3. The molecule has 1 atom stereocenters. The van der Waals surface area contributed by atoms with E-state index < -0.39 is 0 Å². The summed E-state index contributed by atoms with van der Waals surface area (Å²) < 4.78 is 4.73. The van der Waals surface area contributed by atoms with Gasteiger partial charge in [0.05, 0.1) is 29.8 Å². The molecule has 1 aliphatic heterocycles. The van der Waals surface area contributed by atoms with Crippen molar-refractivity contribution in [2.45, 2.75) is 45.3 Å². The number of halogens is 1. The Labute approximate surface area is 208 Å². The van der Waals surface area contributed by atoms with E-state index in [1.54, 1.807) is 0 Å². The molecule has 1 aliphatic rings. The number of rotatable bonds is 5. The molecule has 0 spiro atoms. The second-order valence-electron chi connectivity index (χ2n) is 9.76. The fourth-order valence-corrected chi connectivity index (χ4v) is 5.87. The predicted molar refractivity (Wildman–Crippen MR) is 141 cm³/mol. The van der Waals surface area contributed by atoms with Crippen LogP contribution in [0.4, 0.5) is 5.69 Å². The van der Waals surface area contributed by atoms with Crippen LogP contribution in [0.5, 0.6) is 0 Å². The van der Waals surface area contributed by atoms with Crippen LogP contribution in [0, 0.1) is 5.41 Å². The summed E-state index contributed by atoms with van der Waals surface area (Å²) in [5.41, 5.74) is 6.24. The van der Waals surface area contributed by atoms with Crippen molar-refractivity contribution in [3.63, 3.8) is 0 Å². The molecule has 0 amide bonds. The van der Waals surface area contributed by atoms with E-state index in [1.165, 1.54) is 5.56 Å². The topological polar surface area (TPSA) is 54.0 Å². The Kier molecular flexibility index (Phi) is 5.52. The van der Waals surface area contributed by atoms with Crippen LogP contribution in [-0.2, 0) is 18.5 Å². The van der Waals surface area contributed by atoms with Crippen LogP contribution in [0.2, 0.25) is 0 Å². The Hall–Kier alpha value is -3.12. The van der Waals surface area contributed by atoms with E-state index in [9.17, 15) is 4.79 Å². The molecule has 0 saturated carbocycles. The zero-order chi connectivity index (χ0) is 24.2. The van der Waals surface area contributed by atoms with Gasteiger partial charge >= 0.3 is 0 Å². The number of carbonyl (C=O) groups is 1. The van der Waals surface area contributed by atoms with E-state index >= 15 is 0 Å². The molecule has 4 aromatic rings. The van der Waals surface area contributed by atoms with Gasteiger partial charge in [0.15, 0.2) is 5.78 Å². The van der Waals surface area contributed by atoms with Crippen LogP contribution in [0.15, 0.2) is 71.2 Å². The zero-order valence-corrected chi connectivity index (χ0v) is 21.6. The molecule has 34 heavy (non-hydrogen) atoms. The van der Waals surface area contributed by atoms with Crippen molar-refractivity contribution in [2.24, 2.45) is 0 Å². The van der Waals surface area contributed by atoms with Crippen LogP contribution in [0.25, 0.3) is 11.0 Å². The number of anilines is 1. The number of nitrogens with one attached hydrogen (secondary N) is 1. The monoisotopic (exact) mass is 516 g/mol. The molecule has 0 saturated heterocycles. The average molecular weight is 517 g/mol. The quantitative estimate of drug-likeness (QED) is 0.344.